The first-order valence-electron chi connectivity index (χ1n) is 7.85. The molecule has 10 nitrogen and oxygen atoms in total. The third-order valence-corrected chi connectivity index (χ3v) is 3.37. The largest absolute Gasteiger partial charge is 0.504 e. The number of methoxy groups -OCH3 is 2. The molecule has 0 unspecified atom stereocenters. The van der Waals surface area contributed by atoms with Crippen molar-refractivity contribution in [3.8, 4) is 23.0 Å². The summed E-state index contributed by atoms with van der Waals surface area (Å²) in [6.07, 6.45) is 2.55. The quantitative estimate of drug-likeness (QED) is 0.327. The molecule has 146 valence electrons. The third-order valence-electron chi connectivity index (χ3n) is 3.37. The van der Waals surface area contributed by atoms with Crippen LogP contribution in [0.4, 0.5) is 0 Å². The number of carbonyl (C=O) groups is 2. The molecule has 4 N–H and O–H groups in total. The van der Waals surface area contributed by atoms with Crippen molar-refractivity contribution >= 4 is 24.2 Å². The number of rotatable bonds is 6. The lowest BCUT2D eigenvalue weighted by atomic mass is 10.2. The molecule has 2 aromatic carbocycles. The fourth-order valence-corrected chi connectivity index (χ4v) is 1.98. The van der Waals surface area contributed by atoms with Gasteiger partial charge in [-0.25, -0.2) is 10.9 Å². The van der Waals surface area contributed by atoms with Gasteiger partial charge < -0.3 is 19.7 Å². The lowest BCUT2D eigenvalue weighted by molar-refractivity contribution is -0.139. The predicted molar refractivity (Wildman–Crippen MR) is 101 cm³/mol. The first-order valence-corrected chi connectivity index (χ1v) is 7.85. The molecule has 0 saturated heterocycles. The van der Waals surface area contributed by atoms with Gasteiger partial charge >= 0.3 is 11.8 Å². The van der Waals surface area contributed by atoms with Gasteiger partial charge in [0.2, 0.25) is 0 Å². The van der Waals surface area contributed by atoms with Crippen LogP contribution in [0.25, 0.3) is 0 Å². The van der Waals surface area contributed by atoms with E-state index in [2.05, 4.69) is 10.2 Å². The number of amides is 2. The van der Waals surface area contributed by atoms with Crippen molar-refractivity contribution in [2.24, 2.45) is 10.2 Å². The van der Waals surface area contributed by atoms with Gasteiger partial charge in [0.1, 0.15) is 0 Å². The maximum absolute atomic E-state index is 11.7. The van der Waals surface area contributed by atoms with Gasteiger partial charge in [-0.1, -0.05) is 0 Å². The smallest absolute Gasteiger partial charge is 0.331 e. The molecule has 0 aliphatic heterocycles. The summed E-state index contributed by atoms with van der Waals surface area (Å²) in [4.78, 5) is 23.3. The van der Waals surface area contributed by atoms with Crippen molar-refractivity contribution in [1.29, 1.82) is 0 Å². The van der Waals surface area contributed by atoms with E-state index in [1.165, 1.54) is 50.9 Å². The predicted octanol–water partition coefficient (Wildman–Crippen LogP) is 0.715. The van der Waals surface area contributed by atoms with Gasteiger partial charge in [-0.2, -0.15) is 10.2 Å². The number of hydrogen-bond donors (Lipinski definition) is 4. The molecule has 0 atom stereocenters. The zero-order valence-corrected chi connectivity index (χ0v) is 15.0. The molecule has 2 aromatic rings. The number of carbonyl (C=O) groups excluding carboxylic acids is 2. The summed E-state index contributed by atoms with van der Waals surface area (Å²) in [6.45, 7) is 0. The van der Waals surface area contributed by atoms with Crippen LogP contribution in [0.3, 0.4) is 0 Å². The van der Waals surface area contributed by atoms with Gasteiger partial charge in [0.05, 0.1) is 26.6 Å². The highest BCUT2D eigenvalue weighted by Crippen LogP contribution is 2.26. The Morgan fingerprint density at radius 3 is 1.57 bits per heavy atom. The molecule has 0 spiro atoms. The minimum atomic E-state index is -1.03. The van der Waals surface area contributed by atoms with Crippen LogP contribution in [-0.4, -0.2) is 48.7 Å². The molecule has 0 saturated carbocycles. The average Bonchev–Trinajstić information content (AvgIpc) is 2.70. The summed E-state index contributed by atoms with van der Waals surface area (Å²) in [7, 11) is 2.80. The van der Waals surface area contributed by atoms with Gasteiger partial charge in [0.25, 0.3) is 0 Å². The number of phenolic OH excluding ortho intramolecular Hbond substituents is 2. The number of nitrogens with zero attached hydrogens (tertiary/aromatic N) is 2. The Labute approximate surface area is 160 Å². The van der Waals surface area contributed by atoms with Crippen LogP contribution in [0.15, 0.2) is 46.6 Å². The Morgan fingerprint density at radius 2 is 1.21 bits per heavy atom. The van der Waals surface area contributed by atoms with E-state index in [1.807, 2.05) is 10.9 Å². The molecule has 0 fully saturated rings. The maximum Gasteiger partial charge on any atom is 0.331 e. The van der Waals surface area contributed by atoms with Crippen molar-refractivity contribution in [3.05, 3.63) is 47.5 Å². The van der Waals surface area contributed by atoms with E-state index in [4.69, 9.17) is 9.47 Å². The fraction of sp³-hybridized carbons (Fsp3) is 0.111. The number of phenols is 2. The van der Waals surface area contributed by atoms with Gasteiger partial charge in [-0.05, 0) is 47.5 Å². The van der Waals surface area contributed by atoms with E-state index in [-0.39, 0.29) is 23.0 Å². The summed E-state index contributed by atoms with van der Waals surface area (Å²) in [5.41, 5.74) is 5.16. The van der Waals surface area contributed by atoms with Gasteiger partial charge in [0.15, 0.2) is 23.0 Å². The monoisotopic (exact) mass is 386 g/mol. The summed E-state index contributed by atoms with van der Waals surface area (Å²) < 4.78 is 9.90. The molecule has 0 aliphatic rings. The number of hydrogen-bond acceptors (Lipinski definition) is 8. The first kappa shape index (κ1) is 20.2. The van der Waals surface area contributed by atoms with Crippen molar-refractivity contribution < 1.29 is 29.3 Å². The highest BCUT2D eigenvalue weighted by molar-refractivity contribution is 6.35. The van der Waals surface area contributed by atoms with E-state index in [0.29, 0.717) is 11.1 Å². The van der Waals surface area contributed by atoms with Crippen molar-refractivity contribution in [2.75, 3.05) is 14.2 Å². The maximum atomic E-state index is 11.7. The van der Waals surface area contributed by atoms with E-state index in [0.717, 1.165) is 0 Å². The second-order valence-electron chi connectivity index (χ2n) is 5.26. The molecule has 0 radical (unpaired) electrons. The van der Waals surface area contributed by atoms with Crippen LogP contribution in [-0.2, 0) is 9.59 Å². The molecular weight excluding hydrogens is 368 g/mol. The van der Waals surface area contributed by atoms with E-state index < -0.39 is 11.8 Å². The van der Waals surface area contributed by atoms with Crippen LogP contribution >= 0.6 is 0 Å². The lowest BCUT2D eigenvalue weighted by Gasteiger charge is -2.04. The number of ether oxygens (including phenoxy) is 2. The lowest BCUT2D eigenvalue weighted by Crippen LogP contribution is -2.35. The Hall–Kier alpha value is -4.08. The summed E-state index contributed by atoms with van der Waals surface area (Å²) >= 11 is 0. The second-order valence-corrected chi connectivity index (χ2v) is 5.26. The molecular formula is C18H18N4O6. The molecule has 10 heteroatoms. The summed E-state index contributed by atoms with van der Waals surface area (Å²) in [5, 5.41) is 26.3. The SMILES string of the molecule is COc1cc(/C=N/NC(=O)C(=O)N/N=C/c2ccc(O)c(OC)c2)ccc1O. The standard InChI is InChI=1S/C18H18N4O6/c1-27-15-7-11(3-5-13(15)23)9-19-21-17(25)18(26)22-20-10-12-4-6-14(24)16(8-12)28-2/h3-10,23-24H,1-2H3,(H,21,25)(H,22,26)/b19-9+,20-10+. The first-order chi connectivity index (χ1) is 13.4. The van der Waals surface area contributed by atoms with Crippen molar-refractivity contribution in [2.45, 2.75) is 0 Å². The third kappa shape index (κ3) is 5.46. The normalized spacial score (nSPS) is 10.8. The fourth-order valence-electron chi connectivity index (χ4n) is 1.98. The highest BCUT2D eigenvalue weighted by atomic mass is 16.5. The Kier molecular flexibility index (Phi) is 6.92. The highest BCUT2D eigenvalue weighted by Gasteiger charge is 2.11. The van der Waals surface area contributed by atoms with E-state index in [9.17, 15) is 19.8 Å². The van der Waals surface area contributed by atoms with E-state index in [1.54, 1.807) is 12.1 Å². The molecule has 0 bridgehead atoms. The zero-order valence-electron chi connectivity index (χ0n) is 15.0. The van der Waals surface area contributed by atoms with Gasteiger partial charge in [-0.15, -0.1) is 0 Å². The second kappa shape index (κ2) is 9.57. The number of benzene rings is 2. The molecule has 28 heavy (non-hydrogen) atoms. The molecule has 2 amide bonds. The molecule has 2 rings (SSSR count). The van der Waals surface area contributed by atoms with Crippen LogP contribution in [0.1, 0.15) is 11.1 Å². The number of hydrazone groups is 2. The van der Waals surface area contributed by atoms with E-state index >= 15 is 0 Å². The van der Waals surface area contributed by atoms with Crippen molar-refractivity contribution in [1.82, 2.24) is 10.9 Å². The number of nitrogens with one attached hydrogen (secondary N) is 2. The van der Waals surface area contributed by atoms with Crippen LogP contribution in [0, 0.1) is 0 Å². The van der Waals surface area contributed by atoms with Crippen LogP contribution < -0.4 is 20.3 Å². The van der Waals surface area contributed by atoms with Gasteiger partial charge in [-0.3, -0.25) is 9.59 Å². The molecule has 0 aliphatic carbocycles. The Bertz CT molecular complexity index is 851. The Morgan fingerprint density at radius 1 is 0.821 bits per heavy atom. The van der Waals surface area contributed by atoms with Crippen molar-refractivity contribution in [3.63, 3.8) is 0 Å². The minimum absolute atomic E-state index is 0.0350. The number of aromatic hydroxyl groups is 2. The minimum Gasteiger partial charge on any atom is -0.504 e. The van der Waals surface area contributed by atoms with Crippen LogP contribution in [0.2, 0.25) is 0 Å². The zero-order chi connectivity index (χ0) is 20.5. The van der Waals surface area contributed by atoms with Gasteiger partial charge in [0, 0.05) is 0 Å². The molecule has 0 heterocycles. The molecule has 0 aromatic heterocycles. The summed E-state index contributed by atoms with van der Waals surface area (Å²) in [6, 6.07) is 8.90. The Balaban J connectivity index is 1.88. The summed E-state index contributed by atoms with van der Waals surface area (Å²) in [5.74, 6) is -1.63. The van der Waals surface area contributed by atoms with Crippen LogP contribution in [0.5, 0.6) is 23.0 Å². The average molecular weight is 386 g/mol. The topological polar surface area (TPSA) is 142 Å².